The van der Waals surface area contributed by atoms with Crippen LogP contribution in [-0.2, 0) is 60.8 Å². The summed E-state index contributed by atoms with van der Waals surface area (Å²) in [5.74, 6) is -1.43. The van der Waals surface area contributed by atoms with Crippen LogP contribution in [0.3, 0.4) is 0 Å². The Morgan fingerprint density at radius 1 is 0.580 bits per heavy atom. The highest BCUT2D eigenvalue weighted by Crippen LogP contribution is 2.44. The second-order valence-corrected chi connectivity index (χ2v) is 15.5. The quantitative estimate of drug-likeness (QED) is 0.0447. The zero-order valence-electron chi connectivity index (χ0n) is 30.4. The number of hydrogen-bond acceptors (Lipinski definition) is 13. The van der Waals surface area contributed by atoms with Gasteiger partial charge < -0.3 is 43.9 Å². The molecular formula is C31H60N2O15P2. The van der Waals surface area contributed by atoms with Gasteiger partial charge in [-0.1, -0.05) is 25.7 Å². The Bertz CT molecular complexity index is 999. The highest BCUT2D eigenvalue weighted by molar-refractivity contribution is 7.52. The molecule has 0 aliphatic carbocycles. The summed E-state index contributed by atoms with van der Waals surface area (Å²) in [6.07, 6.45) is 4.51. The molecule has 2 amide bonds. The first kappa shape index (κ1) is 48.1. The number of phosphoric acid groups is 1. The molecule has 0 aliphatic rings. The Morgan fingerprint density at radius 2 is 1.02 bits per heavy atom. The molecule has 0 aromatic carbocycles. The van der Waals surface area contributed by atoms with Gasteiger partial charge in [0.25, 0.3) is 0 Å². The Balaban J connectivity index is 4.16. The topological polar surface area (TPSA) is 232 Å². The fraction of sp³-hybridized carbons (Fsp3) is 0.871. The number of nitrogens with one attached hydrogen (secondary N) is 2. The Labute approximate surface area is 296 Å². The van der Waals surface area contributed by atoms with Crippen molar-refractivity contribution >= 4 is 39.2 Å². The number of hydrogen-bond donors (Lipinski definition) is 4. The number of ether oxygens (including phenoxy) is 4. The van der Waals surface area contributed by atoms with E-state index in [4.69, 9.17) is 32.5 Å². The van der Waals surface area contributed by atoms with Crippen LogP contribution in [0.15, 0.2) is 0 Å². The maximum atomic E-state index is 12.5. The third-order valence-electron chi connectivity index (χ3n) is 6.81. The van der Waals surface area contributed by atoms with Gasteiger partial charge in [0.2, 0.25) is 11.8 Å². The van der Waals surface area contributed by atoms with E-state index in [9.17, 15) is 38.1 Å². The Hall–Kier alpha value is -1.94. The van der Waals surface area contributed by atoms with E-state index in [2.05, 4.69) is 10.6 Å². The molecule has 0 rings (SSSR count). The molecular weight excluding hydrogens is 702 g/mol. The molecule has 19 heteroatoms. The van der Waals surface area contributed by atoms with Gasteiger partial charge in [-0.3, -0.25) is 32.8 Å². The van der Waals surface area contributed by atoms with Gasteiger partial charge in [0.1, 0.15) is 12.2 Å². The van der Waals surface area contributed by atoms with Crippen molar-refractivity contribution in [3.63, 3.8) is 0 Å². The van der Waals surface area contributed by atoms with Gasteiger partial charge in [-0.05, 0) is 33.1 Å². The van der Waals surface area contributed by atoms with Crippen LogP contribution in [-0.4, -0.2) is 110 Å². The minimum Gasteiger partial charge on any atom is -0.463 e. The van der Waals surface area contributed by atoms with Crippen molar-refractivity contribution in [3.05, 3.63) is 0 Å². The molecule has 6 atom stereocenters. The maximum Gasteiger partial charge on any atom is 0.472 e. The number of carbonyl (C=O) groups excluding carboxylic acids is 4. The minimum atomic E-state index is -4.36. The standard InChI is InChI=1S/C31H60N2O15P2/c1-24(47-28(5)36)13-18-42-21-30(32-26(3)34)15-20-49(38,39)44-16-11-9-7-8-10-12-17-45-50(40,41)46-23-31(33-27(4)35)22-43-19-14-25(2)48-29(6)37/h24-25,30-31H,7-23H2,1-6H3,(H,32,34)(H,33,35)(H,38,39)(H,40,41)/t24-,25-,30?,31?/m1/s1. The molecule has 0 fully saturated rings. The molecule has 50 heavy (non-hydrogen) atoms. The van der Waals surface area contributed by atoms with Gasteiger partial charge in [0.15, 0.2) is 0 Å². The summed E-state index contributed by atoms with van der Waals surface area (Å²) in [6.45, 7) is 9.25. The van der Waals surface area contributed by atoms with Crippen molar-refractivity contribution in [2.75, 3.05) is 52.4 Å². The van der Waals surface area contributed by atoms with Crippen molar-refractivity contribution in [1.29, 1.82) is 0 Å². The van der Waals surface area contributed by atoms with Crippen LogP contribution in [0.5, 0.6) is 0 Å². The van der Waals surface area contributed by atoms with E-state index in [1.807, 2.05) is 0 Å². The SMILES string of the molecule is CC(=O)NC(CCP(=O)(O)OCCCCCCCCOP(=O)(O)OCC(COCC[C@@H](C)OC(C)=O)NC(C)=O)COCC[C@@H](C)OC(C)=O. The molecule has 17 nitrogen and oxygen atoms in total. The molecule has 0 bridgehead atoms. The number of unbranched alkanes of at least 4 members (excludes halogenated alkanes) is 5. The molecule has 0 aliphatic heterocycles. The third-order valence-corrected chi connectivity index (χ3v) is 9.20. The largest absolute Gasteiger partial charge is 0.472 e. The molecule has 0 saturated heterocycles. The molecule has 294 valence electrons. The lowest BCUT2D eigenvalue weighted by Crippen LogP contribution is -2.40. The second kappa shape index (κ2) is 27.7. The van der Waals surface area contributed by atoms with Crippen LogP contribution >= 0.6 is 15.4 Å². The molecule has 4 N–H and O–H groups in total. The predicted molar refractivity (Wildman–Crippen MR) is 183 cm³/mol. The first-order chi connectivity index (χ1) is 23.4. The maximum absolute atomic E-state index is 12.5. The Kier molecular flexibility index (Phi) is 26.6. The predicted octanol–water partition coefficient (Wildman–Crippen LogP) is 3.78. The smallest absolute Gasteiger partial charge is 0.463 e. The first-order valence-electron chi connectivity index (χ1n) is 17.0. The average Bonchev–Trinajstić information content (AvgIpc) is 2.98. The van der Waals surface area contributed by atoms with Crippen LogP contribution in [0.25, 0.3) is 0 Å². The van der Waals surface area contributed by atoms with Crippen LogP contribution in [0.2, 0.25) is 0 Å². The van der Waals surface area contributed by atoms with E-state index in [0.29, 0.717) is 32.3 Å². The van der Waals surface area contributed by atoms with Gasteiger partial charge in [-0.2, -0.15) is 0 Å². The molecule has 0 heterocycles. The van der Waals surface area contributed by atoms with Gasteiger partial charge in [0.05, 0.1) is 64.5 Å². The van der Waals surface area contributed by atoms with E-state index >= 15 is 0 Å². The van der Waals surface area contributed by atoms with Crippen molar-refractivity contribution in [2.24, 2.45) is 0 Å². The van der Waals surface area contributed by atoms with Crippen LogP contribution in [0.4, 0.5) is 0 Å². The normalized spacial score (nSPS) is 16.2. The fourth-order valence-electron chi connectivity index (χ4n) is 4.44. The lowest BCUT2D eigenvalue weighted by Gasteiger charge is -2.20. The van der Waals surface area contributed by atoms with Crippen LogP contribution in [0.1, 0.15) is 99.3 Å². The van der Waals surface area contributed by atoms with Crippen molar-refractivity contribution in [1.82, 2.24) is 10.6 Å². The van der Waals surface area contributed by atoms with Gasteiger partial charge >= 0.3 is 27.4 Å². The highest BCUT2D eigenvalue weighted by atomic mass is 31.2. The molecule has 0 spiro atoms. The van der Waals surface area contributed by atoms with Gasteiger partial charge in [0, 0.05) is 40.5 Å². The fourth-order valence-corrected chi connectivity index (χ4v) is 6.43. The van der Waals surface area contributed by atoms with E-state index in [1.165, 1.54) is 27.7 Å². The second-order valence-electron chi connectivity index (χ2n) is 12.1. The summed E-state index contributed by atoms with van der Waals surface area (Å²) in [4.78, 5) is 65.2. The monoisotopic (exact) mass is 762 g/mol. The lowest BCUT2D eigenvalue weighted by atomic mass is 10.1. The summed E-state index contributed by atoms with van der Waals surface area (Å²) < 4.78 is 61.2. The first-order valence-corrected chi connectivity index (χ1v) is 20.3. The molecule has 0 aromatic heterocycles. The van der Waals surface area contributed by atoms with Crippen molar-refractivity contribution < 1.29 is 70.6 Å². The number of esters is 2. The summed E-state index contributed by atoms with van der Waals surface area (Å²) in [5, 5.41) is 5.29. The summed E-state index contributed by atoms with van der Waals surface area (Å²) in [5.41, 5.74) is 0. The van der Waals surface area contributed by atoms with Crippen molar-refractivity contribution in [3.8, 4) is 0 Å². The molecule has 0 aromatic rings. The lowest BCUT2D eigenvalue weighted by molar-refractivity contribution is -0.147. The van der Waals surface area contributed by atoms with E-state index < -0.39 is 33.5 Å². The molecule has 0 saturated carbocycles. The number of carbonyl (C=O) groups is 4. The summed E-state index contributed by atoms with van der Waals surface area (Å²) in [6, 6.07) is -1.16. The van der Waals surface area contributed by atoms with E-state index in [0.717, 1.165) is 25.7 Å². The minimum absolute atomic E-state index is 0.00214. The summed E-state index contributed by atoms with van der Waals surface area (Å²) >= 11 is 0. The molecule has 4 unspecified atom stereocenters. The Morgan fingerprint density at radius 3 is 1.50 bits per heavy atom. The number of rotatable bonds is 31. The number of amides is 2. The number of phosphoric ester groups is 1. The van der Waals surface area contributed by atoms with Crippen LogP contribution in [0, 0.1) is 0 Å². The third kappa shape index (κ3) is 30.8. The highest BCUT2D eigenvalue weighted by Gasteiger charge is 2.24. The molecule has 0 radical (unpaired) electrons. The van der Waals surface area contributed by atoms with E-state index in [-0.39, 0.29) is 82.2 Å². The van der Waals surface area contributed by atoms with E-state index in [1.54, 1.807) is 13.8 Å². The zero-order valence-corrected chi connectivity index (χ0v) is 32.2. The summed E-state index contributed by atoms with van der Waals surface area (Å²) in [7, 11) is -8.22. The zero-order chi connectivity index (χ0) is 38.0. The van der Waals surface area contributed by atoms with Gasteiger partial charge in [-0.15, -0.1) is 0 Å². The van der Waals surface area contributed by atoms with Crippen LogP contribution < -0.4 is 10.6 Å². The average molecular weight is 763 g/mol. The van der Waals surface area contributed by atoms with Crippen molar-refractivity contribution in [2.45, 2.75) is 124 Å². The van der Waals surface area contributed by atoms with Gasteiger partial charge in [-0.25, -0.2) is 4.57 Å².